The van der Waals surface area contributed by atoms with Crippen LogP contribution in [0.2, 0.25) is 0 Å². The highest BCUT2D eigenvalue weighted by Gasteiger charge is 2.26. The molecule has 4 rings (SSSR count). The minimum absolute atomic E-state index is 0.0834. The van der Waals surface area contributed by atoms with Gasteiger partial charge in [0.25, 0.3) is 5.78 Å². The van der Waals surface area contributed by atoms with Crippen LogP contribution < -0.4 is 20.9 Å². The van der Waals surface area contributed by atoms with Crippen LogP contribution in [0.4, 0.5) is 28.1 Å². The van der Waals surface area contributed by atoms with Crippen LogP contribution in [-0.4, -0.2) is 68.6 Å². The Morgan fingerprint density at radius 2 is 1.97 bits per heavy atom. The summed E-state index contributed by atoms with van der Waals surface area (Å²) in [6.45, 7) is 6.00. The van der Waals surface area contributed by atoms with Crippen LogP contribution in [0.25, 0.3) is 5.78 Å². The number of carbonyl (C=O) groups excluding carboxylic acids is 2. The fraction of sp³-hybridized carbons (Fsp3) is 0.368. The number of cyclic esters (lactones) is 1. The normalized spacial score (nSPS) is 13.3. The molecule has 1 fully saturated rings. The standard InChI is InChI=1S/C19H23N9O3S/c1-3-20-15-23-16(21-4-2)28-17(24-15)25-26-18(28)32-11-14(29)22-12-7-5-6-8-13(12)27-9-10-31-19(27)30/h5-8H,3-4,9-11H2,1-2H3,(H,22,29)(H2,20,21,23,24,25). The lowest BCUT2D eigenvalue weighted by Gasteiger charge is -2.17. The summed E-state index contributed by atoms with van der Waals surface area (Å²) in [5.74, 6) is 1.21. The Labute approximate surface area is 188 Å². The molecule has 32 heavy (non-hydrogen) atoms. The van der Waals surface area contributed by atoms with Crippen molar-refractivity contribution in [3.8, 4) is 0 Å². The smallest absolute Gasteiger partial charge is 0.414 e. The van der Waals surface area contributed by atoms with E-state index in [0.717, 1.165) is 0 Å². The maximum Gasteiger partial charge on any atom is 0.414 e. The number of nitrogens with one attached hydrogen (secondary N) is 3. The number of rotatable bonds is 9. The zero-order chi connectivity index (χ0) is 22.5. The molecule has 0 spiro atoms. The summed E-state index contributed by atoms with van der Waals surface area (Å²) in [7, 11) is 0. The van der Waals surface area contributed by atoms with Gasteiger partial charge in [-0.15, -0.1) is 10.2 Å². The van der Waals surface area contributed by atoms with Crippen LogP contribution in [-0.2, 0) is 9.53 Å². The molecule has 2 amide bonds. The number of anilines is 4. The number of amides is 2. The topological polar surface area (TPSA) is 139 Å². The highest BCUT2D eigenvalue weighted by molar-refractivity contribution is 7.99. The number of thioether (sulfide) groups is 1. The Bertz CT molecular complexity index is 1140. The van der Waals surface area contributed by atoms with Gasteiger partial charge in [0.05, 0.1) is 23.7 Å². The maximum atomic E-state index is 12.7. The van der Waals surface area contributed by atoms with E-state index in [2.05, 4.69) is 36.1 Å². The summed E-state index contributed by atoms with van der Waals surface area (Å²) < 4.78 is 6.68. The fourth-order valence-electron chi connectivity index (χ4n) is 3.14. The van der Waals surface area contributed by atoms with Crippen LogP contribution in [0, 0.1) is 0 Å². The average Bonchev–Trinajstić information content (AvgIpc) is 3.39. The molecule has 13 heteroatoms. The minimum Gasteiger partial charge on any atom is -0.447 e. The second kappa shape index (κ2) is 9.68. The first-order valence-electron chi connectivity index (χ1n) is 10.2. The van der Waals surface area contributed by atoms with Crippen molar-refractivity contribution < 1.29 is 14.3 Å². The predicted octanol–water partition coefficient (Wildman–Crippen LogP) is 2.07. The highest BCUT2D eigenvalue weighted by Crippen LogP contribution is 2.28. The lowest BCUT2D eigenvalue weighted by Crippen LogP contribution is -2.25. The Morgan fingerprint density at radius 3 is 2.72 bits per heavy atom. The number of benzene rings is 1. The van der Waals surface area contributed by atoms with E-state index in [1.807, 2.05) is 13.8 Å². The van der Waals surface area contributed by atoms with E-state index in [9.17, 15) is 9.59 Å². The third-order valence-corrected chi connectivity index (χ3v) is 5.41. The molecule has 1 saturated heterocycles. The third kappa shape index (κ3) is 4.51. The Balaban J connectivity index is 1.49. The van der Waals surface area contributed by atoms with Crippen LogP contribution in [0.3, 0.4) is 0 Å². The third-order valence-electron chi connectivity index (χ3n) is 4.48. The van der Waals surface area contributed by atoms with Crippen molar-refractivity contribution in [1.29, 1.82) is 0 Å². The molecule has 0 atom stereocenters. The second-order valence-electron chi connectivity index (χ2n) is 6.67. The van der Waals surface area contributed by atoms with Gasteiger partial charge in [-0.1, -0.05) is 23.9 Å². The first-order chi connectivity index (χ1) is 15.6. The number of nitrogens with zero attached hydrogens (tertiary/aromatic N) is 6. The molecule has 1 aromatic carbocycles. The molecule has 0 bridgehead atoms. The van der Waals surface area contributed by atoms with Crippen molar-refractivity contribution in [3.63, 3.8) is 0 Å². The molecule has 12 nitrogen and oxygen atoms in total. The number of para-hydroxylation sites is 2. The van der Waals surface area contributed by atoms with Gasteiger partial charge in [-0.2, -0.15) is 9.97 Å². The monoisotopic (exact) mass is 457 g/mol. The van der Waals surface area contributed by atoms with Gasteiger partial charge in [-0.3, -0.25) is 9.69 Å². The van der Waals surface area contributed by atoms with Gasteiger partial charge >= 0.3 is 6.09 Å². The van der Waals surface area contributed by atoms with E-state index in [4.69, 9.17) is 4.74 Å². The molecule has 0 unspecified atom stereocenters. The zero-order valence-electron chi connectivity index (χ0n) is 17.7. The lowest BCUT2D eigenvalue weighted by molar-refractivity contribution is -0.113. The molecule has 2 aromatic heterocycles. The van der Waals surface area contributed by atoms with Crippen LogP contribution in [0.1, 0.15) is 13.8 Å². The van der Waals surface area contributed by atoms with E-state index in [1.165, 1.54) is 16.7 Å². The highest BCUT2D eigenvalue weighted by atomic mass is 32.2. The summed E-state index contributed by atoms with van der Waals surface area (Å²) in [6, 6.07) is 7.11. The molecular formula is C19H23N9O3S. The van der Waals surface area contributed by atoms with E-state index in [-0.39, 0.29) is 11.7 Å². The number of carbonyl (C=O) groups is 2. The summed E-state index contributed by atoms with van der Waals surface area (Å²) in [6.07, 6.45) is -0.427. The van der Waals surface area contributed by atoms with Gasteiger partial charge in [0, 0.05) is 13.1 Å². The number of ether oxygens (including phenoxy) is 1. The summed E-state index contributed by atoms with van der Waals surface area (Å²) >= 11 is 1.21. The Morgan fingerprint density at radius 1 is 1.16 bits per heavy atom. The molecule has 1 aliphatic rings. The van der Waals surface area contributed by atoms with Crippen molar-refractivity contribution in [3.05, 3.63) is 24.3 Å². The van der Waals surface area contributed by atoms with E-state index in [1.54, 1.807) is 28.7 Å². The molecule has 0 radical (unpaired) electrons. The van der Waals surface area contributed by atoms with Crippen molar-refractivity contribution in [2.45, 2.75) is 19.0 Å². The van der Waals surface area contributed by atoms with Crippen molar-refractivity contribution in [2.75, 3.05) is 52.8 Å². The molecule has 3 aromatic rings. The Hall–Kier alpha value is -3.61. The lowest BCUT2D eigenvalue weighted by atomic mass is 10.2. The first kappa shape index (κ1) is 21.6. The zero-order valence-corrected chi connectivity index (χ0v) is 18.5. The first-order valence-corrected chi connectivity index (χ1v) is 11.2. The van der Waals surface area contributed by atoms with E-state index >= 15 is 0 Å². The number of hydrogen-bond acceptors (Lipinski definition) is 10. The van der Waals surface area contributed by atoms with Gasteiger partial charge in [0.15, 0.2) is 5.16 Å². The predicted molar refractivity (Wildman–Crippen MR) is 121 cm³/mol. The van der Waals surface area contributed by atoms with Gasteiger partial charge in [0.2, 0.25) is 17.8 Å². The van der Waals surface area contributed by atoms with E-state index < -0.39 is 6.09 Å². The SMILES string of the molecule is CCNc1nc(NCC)n2c(SCC(=O)Nc3ccccc3N3CCOC3=O)nnc2n1. The number of fused-ring (bicyclic) bond motifs is 1. The van der Waals surface area contributed by atoms with Gasteiger partial charge in [-0.05, 0) is 26.0 Å². The number of hydrogen-bond donors (Lipinski definition) is 3. The molecule has 0 saturated carbocycles. The maximum absolute atomic E-state index is 12.7. The van der Waals surface area contributed by atoms with Crippen LogP contribution in [0.5, 0.6) is 0 Å². The Kier molecular flexibility index (Phi) is 6.54. The summed E-state index contributed by atoms with van der Waals surface area (Å²) in [4.78, 5) is 34.9. The molecule has 168 valence electrons. The van der Waals surface area contributed by atoms with Crippen molar-refractivity contribution in [2.24, 2.45) is 0 Å². The molecular weight excluding hydrogens is 434 g/mol. The molecule has 0 aliphatic carbocycles. The van der Waals surface area contributed by atoms with Gasteiger partial charge < -0.3 is 20.7 Å². The van der Waals surface area contributed by atoms with Crippen molar-refractivity contribution in [1.82, 2.24) is 24.6 Å². The van der Waals surface area contributed by atoms with E-state index in [0.29, 0.717) is 60.4 Å². The molecule has 3 N–H and O–H groups in total. The van der Waals surface area contributed by atoms with Crippen LogP contribution >= 0.6 is 11.8 Å². The van der Waals surface area contributed by atoms with Crippen LogP contribution in [0.15, 0.2) is 29.4 Å². The van der Waals surface area contributed by atoms with Crippen molar-refractivity contribution >= 4 is 52.8 Å². The fourth-order valence-corrected chi connectivity index (χ4v) is 3.87. The van der Waals surface area contributed by atoms with Gasteiger partial charge in [-0.25, -0.2) is 9.20 Å². The number of aromatic nitrogens is 5. The largest absolute Gasteiger partial charge is 0.447 e. The summed E-state index contributed by atoms with van der Waals surface area (Å²) in [5.41, 5.74) is 1.13. The minimum atomic E-state index is -0.427. The van der Waals surface area contributed by atoms with Gasteiger partial charge in [0.1, 0.15) is 6.61 Å². The molecule has 3 heterocycles. The average molecular weight is 458 g/mol. The second-order valence-corrected chi connectivity index (χ2v) is 7.61. The quantitative estimate of drug-likeness (QED) is 0.409. The molecule has 1 aliphatic heterocycles. The summed E-state index contributed by atoms with van der Waals surface area (Å²) in [5, 5.41) is 17.9.